The van der Waals surface area contributed by atoms with Gasteiger partial charge in [-0.05, 0) is 37.1 Å². The van der Waals surface area contributed by atoms with Crippen LogP contribution in [0.1, 0.15) is 35.4 Å². The van der Waals surface area contributed by atoms with E-state index in [0.29, 0.717) is 5.02 Å². The summed E-state index contributed by atoms with van der Waals surface area (Å²) in [6.07, 6.45) is 0. The summed E-state index contributed by atoms with van der Waals surface area (Å²) < 4.78 is 0. The molecule has 4 aromatic rings. The van der Waals surface area contributed by atoms with Gasteiger partial charge in [0.25, 0.3) is 0 Å². The summed E-state index contributed by atoms with van der Waals surface area (Å²) in [6.45, 7) is 8.38. The van der Waals surface area contributed by atoms with Gasteiger partial charge in [0.2, 0.25) is 0 Å². The average Bonchev–Trinajstić information content (AvgIpc) is 3.28. The Bertz CT molecular complexity index is 1190. The van der Waals surface area contributed by atoms with Crippen molar-refractivity contribution in [2.45, 2.75) is 25.3 Å². The van der Waals surface area contributed by atoms with Crippen molar-refractivity contribution in [2.24, 2.45) is 0 Å². The van der Waals surface area contributed by atoms with Gasteiger partial charge in [-0.3, -0.25) is 4.90 Å². The molecule has 34 heavy (non-hydrogen) atoms. The summed E-state index contributed by atoms with van der Waals surface area (Å²) in [5.74, 6) is 0.971. The number of nitrogens with zero attached hydrogens (tertiary/aromatic N) is 2. The zero-order chi connectivity index (χ0) is 23.5. The number of piperazine rings is 1. The Balaban J connectivity index is 1.72. The van der Waals surface area contributed by atoms with Crippen LogP contribution in [-0.4, -0.2) is 41.0 Å². The molecule has 1 aromatic heterocycles. The molecule has 1 unspecified atom stereocenters. The molecule has 0 radical (unpaired) electrons. The molecule has 0 saturated carbocycles. The number of benzene rings is 3. The first kappa shape index (κ1) is 22.9. The Kier molecular flexibility index (Phi) is 6.55. The van der Waals surface area contributed by atoms with E-state index >= 15 is 0 Å². The molecule has 2 N–H and O–H groups in total. The van der Waals surface area contributed by atoms with Crippen LogP contribution in [-0.2, 0) is 5.54 Å². The number of aromatic nitrogens is 2. The van der Waals surface area contributed by atoms with Crippen molar-refractivity contribution >= 4 is 11.6 Å². The van der Waals surface area contributed by atoms with E-state index in [2.05, 4.69) is 95.8 Å². The Labute approximate surface area is 207 Å². The van der Waals surface area contributed by atoms with E-state index < -0.39 is 0 Å². The lowest BCUT2D eigenvalue weighted by Crippen LogP contribution is -2.56. The maximum atomic E-state index is 6.31. The van der Waals surface area contributed by atoms with Crippen LogP contribution >= 0.6 is 11.6 Å². The van der Waals surface area contributed by atoms with Crippen molar-refractivity contribution in [1.29, 1.82) is 0 Å². The minimum absolute atomic E-state index is 0.113. The fourth-order valence-electron chi connectivity index (χ4n) is 5.46. The normalized spacial score (nSPS) is 16.5. The van der Waals surface area contributed by atoms with Crippen molar-refractivity contribution in [1.82, 2.24) is 20.2 Å². The van der Waals surface area contributed by atoms with Crippen LogP contribution in [0.15, 0.2) is 84.9 Å². The molecule has 1 fully saturated rings. The van der Waals surface area contributed by atoms with Crippen LogP contribution in [0.4, 0.5) is 0 Å². The number of aryl methyl sites for hydroxylation is 1. The SMILES string of the molecule is Cc1[nH]c(-c2cccc(Cl)c2)nc1C(C)(C(c1ccccc1)c1ccccc1)N1CCNCC1. The van der Waals surface area contributed by atoms with E-state index in [4.69, 9.17) is 16.6 Å². The number of imidazole rings is 1. The molecule has 2 heterocycles. The molecule has 0 aliphatic carbocycles. The van der Waals surface area contributed by atoms with Gasteiger partial charge in [0.05, 0.1) is 11.2 Å². The highest BCUT2D eigenvalue weighted by molar-refractivity contribution is 6.30. The predicted molar refractivity (Wildman–Crippen MR) is 140 cm³/mol. The van der Waals surface area contributed by atoms with E-state index in [1.807, 2.05) is 18.2 Å². The highest BCUT2D eigenvalue weighted by Crippen LogP contribution is 2.46. The Morgan fingerprint density at radius 3 is 2.09 bits per heavy atom. The minimum Gasteiger partial charge on any atom is -0.342 e. The smallest absolute Gasteiger partial charge is 0.137 e. The molecule has 0 bridgehead atoms. The molecule has 1 aliphatic heterocycles. The summed E-state index contributed by atoms with van der Waals surface area (Å²) in [7, 11) is 0. The third-order valence-electron chi connectivity index (χ3n) is 7.06. The zero-order valence-electron chi connectivity index (χ0n) is 19.8. The van der Waals surface area contributed by atoms with Gasteiger partial charge in [0.15, 0.2) is 0 Å². The molecule has 0 spiro atoms. The number of nitrogens with one attached hydrogen (secondary N) is 2. The maximum absolute atomic E-state index is 6.31. The van der Waals surface area contributed by atoms with Gasteiger partial charge < -0.3 is 10.3 Å². The standard InChI is InChI=1S/C29H31ClN4/c1-21-27(33-28(32-21)24-14-9-15-25(30)20-24)29(2,34-18-16-31-17-19-34)26(22-10-5-3-6-11-22)23-12-7-4-8-13-23/h3-15,20,26,31H,16-19H2,1-2H3,(H,32,33). The fraction of sp³-hybridized carbons (Fsp3) is 0.276. The number of halogens is 1. The molecule has 1 saturated heterocycles. The van der Waals surface area contributed by atoms with Gasteiger partial charge in [-0.25, -0.2) is 4.98 Å². The molecule has 1 atom stereocenters. The molecule has 5 rings (SSSR count). The van der Waals surface area contributed by atoms with Gasteiger partial charge in [-0.15, -0.1) is 0 Å². The predicted octanol–water partition coefficient (Wildman–Crippen LogP) is 5.99. The van der Waals surface area contributed by atoms with Crippen molar-refractivity contribution < 1.29 is 0 Å². The molecule has 1 aliphatic rings. The number of rotatable bonds is 6. The van der Waals surface area contributed by atoms with Crippen molar-refractivity contribution in [3.05, 3.63) is 112 Å². The van der Waals surface area contributed by atoms with Crippen LogP contribution in [0.2, 0.25) is 5.02 Å². The topological polar surface area (TPSA) is 44.0 Å². The summed E-state index contributed by atoms with van der Waals surface area (Å²) >= 11 is 6.31. The van der Waals surface area contributed by atoms with Crippen LogP contribution in [0.3, 0.4) is 0 Å². The van der Waals surface area contributed by atoms with Crippen molar-refractivity contribution in [2.75, 3.05) is 26.2 Å². The van der Waals surface area contributed by atoms with Crippen LogP contribution in [0.5, 0.6) is 0 Å². The molecular weight excluding hydrogens is 440 g/mol. The van der Waals surface area contributed by atoms with Crippen LogP contribution in [0.25, 0.3) is 11.4 Å². The molecule has 4 nitrogen and oxygen atoms in total. The van der Waals surface area contributed by atoms with Crippen molar-refractivity contribution in [3.63, 3.8) is 0 Å². The van der Waals surface area contributed by atoms with Crippen LogP contribution < -0.4 is 5.32 Å². The number of hydrogen-bond acceptors (Lipinski definition) is 3. The van der Waals surface area contributed by atoms with E-state index in [1.165, 1.54) is 11.1 Å². The lowest BCUT2D eigenvalue weighted by atomic mass is 9.72. The first-order chi connectivity index (χ1) is 16.6. The van der Waals surface area contributed by atoms with Gasteiger partial charge in [-0.1, -0.05) is 84.4 Å². The second-order valence-corrected chi connectivity index (χ2v) is 9.64. The summed E-state index contributed by atoms with van der Waals surface area (Å²) in [5.41, 5.74) is 5.40. The summed E-state index contributed by atoms with van der Waals surface area (Å²) in [5, 5.41) is 4.24. The minimum atomic E-state index is -0.359. The van der Waals surface area contributed by atoms with E-state index in [-0.39, 0.29) is 11.5 Å². The van der Waals surface area contributed by atoms with Gasteiger partial charge in [-0.2, -0.15) is 0 Å². The van der Waals surface area contributed by atoms with E-state index in [0.717, 1.165) is 49.0 Å². The maximum Gasteiger partial charge on any atom is 0.137 e. The van der Waals surface area contributed by atoms with Gasteiger partial charge in [0, 0.05) is 48.4 Å². The lowest BCUT2D eigenvalue weighted by molar-refractivity contribution is 0.0673. The molecule has 174 valence electrons. The van der Waals surface area contributed by atoms with E-state index in [1.54, 1.807) is 0 Å². The second-order valence-electron chi connectivity index (χ2n) is 9.21. The lowest BCUT2D eigenvalue weighted by Gasteiger charge is -2.48. The largest absolute Gasteiger partial charge is 0.342 e. The van der Waals surface area contributed by atoms with Crippen molar-refractivity contribution in [3.8, 4) is 11.4 Å². The first-order valence-corrected chi connectivity index (χ1v) is 12.3. The Morgan fingerprint density at radius 1 is 0.882 bits per heavy atom. The highest BCUT2D eigenvalue weighted by Gasteiger charge is 2.46. The third kappa shape index (κ3) is 4.29. The summed E-state index contributed by atoms with van der Waals surface area (Å²) in [4.78, 5) is 11.5. The fourth-order valence-corrected chi connectivity index (χ4v) is 5.65. The van der Waals surface area contributed by atoms with Gasteiger partial charge in [0.1, 0.15) is 5.82 Å². The second kappa shape index (κ2) is 9.75. The molecule has 3 aromatic carbocycles. The first-order valence-electron chi connectivity index (χ1n) is 12.0. The quantitative estimate of drug-likeness (QED) is 0.363. The summed E-state index contributed by atoms with van der Waals surface area (Å²) in [6, 6.07) is 29.6. The highest BCUT2D eigenvalue weighted by atomic mass is 35.5. The molecule has 5 heteroatoms. The number of H-pyrrole nitrogens is 1. The van der Waals surface area contributed by atoms with E-state index in [9.17, 15) is 0 Å². The Morgan fingerprint density at radius 2 is 1.50 bits per heavy atom. The zero-order valence-corrected chi connectivity index (χ0v) is 20.5. The third-order valence-corrected chi connectivity index (χ3v) is 7.30. The Hall–Kier alpha value is -2.92. The molecule has 0 amide bonds. The number of aromatic amines is 1. The molecular formula is C29H31ClN4. The van der Waals surface area contributed by atoms with Gasteiger partial charge >= 0.3 is 0 Å². The van der Waals surface area contributed by atoms with Crippen LogP contribution in [0, 0.1) is 6.92 Å². The average molecular weight is 471 g/mol. The monoisotopic (exact) mass is 470 g/mol. The number of hydrogen-bond donors (Lipinski definition) is 2.